The summed E-state index contributed by atoms with van der Waals surface area (Å²) in [6, 6.07) is 8.07. The number of imidazole rings is 1. The molecular weight excluding hydrogens is 328 g/mol. The number of H-pyrrole nitrogens is 1. The molecule has 7 nitrogen and oxygen atoms in total. The molecule has 3 aromatic rings. The van der Waals surface area contributed by atoms with E-state index in [9.17, 15) is 0 Å². The second kappa shape index (κ2) is 7.29. The standard InChI is InChI=1S/C19H24N6O/c1-14-11-16(23-22-14)13-24-8-9-25-17(12-21-19(25)15(24)2)6-10-26-18-5-3-4-7-20-18/h3-5,7,11-12,15H,6,8-10,13H2,1-2H3,(H,22,23). The normalized spacial score (nSPS) is 17.2. The quantitative estimate of drug-likeness (QED) is 0.738. The van der Waals surface area contributed by atoms with Crippen molar-refractivity contribution in [2.75, 3.05) is 13.2 Å². The predicted molar refractivity (Wildman–Crippen MR) is 97.8 cm³/mol. The maximum atomic E-state index is 5.73. The number of hydrogen-bond donors (Lipinski definition) is 1. The van der Waals surface area contributed by atoms with Crippen molar-refractivity contribution in [3.8, 4) is 5.88 Å². The first kappa shape index (κ1) is 16.8. The van der Waals surface area contributed by atoms with Gasteiger partial charge >= 0.3 is 0 Å². The number of nitrogens with one attached hydrogen (secondary N) is 1. The lowest BCUT2D eigenvalue weighted by atomic mass is 10.2. The van der Waals surface area contributed by atoms with Gasteiger partial charge in [-0.2, -0.15) is 5.10 Å². The van der Waals surface area contributed by atoms with Crippen LogP contribution in [0.1, 0.15) is 35.9 Å². The third-order valence-electron chi connectivity index (χ3n) is 4.87. The molecular formula is C19H24N6O. The van der Waals surface area contributed by atoms with Gasteiger partial charge in [-0.3, -0.25) is 10.00 Å². The molecule has 1 unspecified atom stereocenters. The summed E-state index contributed by atoms with van der Waals surface area (Å²) in [4.78, 5) is 11.3. The van der Waals surface area contributed by atoms with Crippen molar-refractivity contribution in [1.82, 2.24) is 29.6 Å². The Bertz CT molecular complexity index is 856. The van der Waals surface area contributed by atoms with Crippen LogP contribution in [-0.4, -0.2) is 42.8 Å². The smallest absolute Gasteiger partial charge is 0.213 e. The maximum Gasteiger partial charge on any atom is 0.213 e. The van der Waals surface area contributed by atoms with Crippen molar-refractivity contribution in [3.63, 3.8) is 0 Å². The van der Waals surface area contributed by atoms with E-state index in [1.165, 1.54) is 5.69 Å². The van der Waals surface area contributed by atoms with Gasteiger partial charge in [-0.05, 0) is 26.0 Å². The van der Waals surface area contributed by atoms with Gasteiger partial charge in [0.2, 0.25) is 5.88 Å². The molecule has 1 aliphatic rings. The van der Waals surface area contributed by atoms with E-state index in [0.717, 1.165) is 43.3 Å². The number of pyridine rings is 1. The van der Waals surface area contributed by atoms with E-state index in [4.69, 9.17) is 4.74 Å². The highest BCUT2D eigenvalue weighted by molar-refractivity contribution is 5.14. The average Bonchev–Trinajstić information content (AvgIpc) is 3.25. The van der Waals surface area contributed by atoms with Gasteiger partial charge in [-0.25, -0.2) is 9.97 Å². The molecule has 26 heavy (non-hydrogen) atoms. The van der Waals surface area contributed by atoms with Crippen LogP contribution < -0.4 is 4.74 Å². The van der Waals surface area contributed by atoms with E-state index in [0.29, 0.717) is 12.5 Å². The zero-order chi connectivity index (χ0) is 17.9. The average molecular weight is 352 g/mol. The van der Waals surface area contributed by atoms with E-state index >= 15 is 0 Å². The summed E-state index contributed by atoms with van der Waals surface area (Å²) in [5.74, 6) is 1.79. The van der Waals surface area contributed by atoms with Gasteiger partial charge in [0, 0.05) is 55.9 Å². The zero-order valence-electron chi connectivity index (χ0n) is 15.2. The Labute approximate surface area is 153 Å². The van der Waals surface area contributed by atoms with E-state index in [2.05, 4.69) is 42.6 Å². The van der Waals surface area contributed by atoms with Gasteiger partial charge in [0.1, 0.15) is 5.82 Å². The number of rotatable bonds is 6. The van der Waals surface area contributed by atoms with Crippen molar-refractivity contribution >= 4 is 0 Å². The van der Waals surface area contributed by atoms with Crippen molar-refractivity contribution in [2.45, 2.75) is 39.4 Å². The van der Waals surface area contributed by atoms with E-state index in [1.54, 1.807) is 6.20 Å². The number of aryl methyl sites for hydroxylation is 1. The Balaban J connectivity index is 1.39. The molecule has 0 bridgehead atoms. The van der Waals surface area contributed by atoms with Crippen LogP contribution in [0, 0.1) is 6.92 Å². The summed E-state index contributed by atoms with van der Waals surface area (Å²) in [6.45, 7) is 7.63. The second-order valence-electron chi connectivity index (χ2n) is 6.71. The van der Waals surface area contributed by atoms with Crippen LogP contribution in [0.5, 0.6) is 5.88 Å². The first-order valence-electron chi connectivity index (χ1n) is 9.04. The highest BCUT2D eigenvalue weighted by Gasteiger charge is 2.27. The fourth-order valence-corrected chi connectivity index (χ4v) is 3.48. The molecule has 136 valence electrons. The SMILES string of the molecule is Cc1cc(CN2CCn3c(CCOc4ccccn4)cnc3C2C)n[nH]1. The van der Waals surface area contributed by atoms with Crippen LogP contribution in [0.2, 0.25) is 0 Å². The third-order valence-corrected chi connectivity index (χ3v) is 4.87. The van der Waals surface area contributed by atoms with Crippen LogP contribution in [0.25, 0.3) is 0 Å². The minimum Gasteiger partial charge on any atom is -0.477 e. The maximum absolute atomic E-state index is 5.73. The van der Waals surface area contributed by atoms with Gasteiger partial charge in [0.25, 0.3) is 0 Å². The van der Waals surface area contributed by atoms with Gasteiger partial charge < -0.3 is 9.30 Å². The molecule has 0 spiro atoms. The van der Waals surface area contributed by atoms with Crippen LogP contribution in [0.15, 0.2) is 36.7 Å². The van der Waals surface area contributed by atoms with Crippen molar-refractivity contribution < 1.29 is 4.74 Å². The summed E-state index contributed by atoms with van der Waals surface area (Å²) in [7, 11) is 0. The minimum absolute atomic E-state index is 0.270. The van der Waals surface area contributed by atoms with Crippen LogP contribution in [-0.2, 0) is 19.5 Å². The molecule has 1 aliphatic heterocycles. The summed E-state index contributed by atoms with van der Waals surface area (Å²) in [5, 5.41) is 7.37. The van der Waals surface area contributed by atoms with E-state index < -0.39 is 0 Å². The largest absolute Gasteiger partial charge is 0.477 e. The van der Waals surface area contributed by atoms with Crippen molar-refractivity contribution in [2.24, 2.45) is 0 Å². The first-order chi connectivity index (χ1) is 12.7. The molecule has 4 heterocycles. The fraction of sp³-hybridized carbons (Fsp3) is 0.421. The molecule has 1 N–H and O–H groups in total. The molecule has 0 fully saturated rings. The predicted octanol–water partition coefficient (Wildman–Crippen LogP) is 2.51. The molecule has 0 aromatic carbocycles. The highest BCUT2D eigenvalue weighted by Crippen LogP contribution is 2.26. The Morgan fingerprint density at radius 3 is 2.96 bits per heavy atom. The molecule has 4 rings (SSSR count). The molecule has 0 saturated carbocycles. The lowest BCUT2D eigenvalue weighted by molar-refractivity contribution is 0.152. The summed E-state index contributed by atoms with van der Waals surface area (Å²) >= 11 is 0. The Morgan fingerprint density at radius 2 is 2.19 bits per heavy atom. The lowest BCUT2D eigenvalue weighted by Gasteiger charge is -2.33. The molecule has 0 saturated heterocycles. The highest BCUT2D eigenvalue weighted by atomic mass is 16.5. The number of nitrogens with zero attached hydrogens (tertiary/aromatic N) is 5. The molecule has 0 aliphatic carbocycles. The zero-order valence-corrected chi connectivity index (χ0v) is 15.2. The van der Waals surface area contributed by atoms with Crippen LogP contribution >= 0.6 is 0 Å². The summed E-state index contributed by atoms with van der Waals surface area (Å²) in [5.41, 5.74) is 3.40. The Hall–Kier alpha value is -2.67. The van der Waals surface area contributed by atoms with Gasteiger partial charge in [-0.15, -0.1) is 0 Å². The monoisotopic (exact) mass is 352 g/mol. The van der Waals surface area contributed by atoms with Gasteiger partial charge in [0.05, 0.1) is 18.3 Å². The van der Waals surface area contributed by atoms with Gasteiger partial charge in [0.15, 0.2) is 0 Å². The molecule has 3 aromatic heterocycles. The van der Waals surface area contributed by atoms with Gasteiger partial charge in [-0.1, -0.05) is 6.07 Å². The number of hydrogen-bond acceptors (Lipinski definition) is 5. The van der Waals surface area contributed by atoms with Crippen molar-refractivity contribution in [1.29, 1.82) is 0 Å². The second-order valence-corrected chi connectivity index (χ2v) is 6.71. The fourth-order valence-electron chi connectivity index (χ4n) is 3.48. The lowest BCUT2D eigenvalue weighted by Crippen LogP contribution is -2.37. The summed E-state index contributed by atoms with van der Waals surface area (Å²) in [6.07, 6.45) is 4.55. The Kier molecular flexibility index (Phi) is 4.71. The number of aromatic nitrogens is 5. The van der Waals surface area contributed by atoms with E-state index in [-0.39, 0.29) is 6.04 Å². The third kappa shape index (κ3) is 3.48. The number of ether oxygens (including phenoxy) is 1. The van der Waals surface area contributed by atoms with Crippen molar-refractivity contribution in [3.05, 3.63) is 59.6 Å². The molecule has 1 atom stereocenters. The molecule has 0 radical (unpaired) electrons. The first-order valence-corrected chi connectivity index (χ1v) is 9.04. The number of aromatic amines is 1. The topological polar surface area (TPSA) is 71.9 Å². The molecule has 7 heteroatoms. The number of fused-ring (bicyclic) bond motifs is 1. The van der Waals surface area contributed by atoms with Crippen LogP contribution in [0.3, 0.4) is 0 Å². The van der Waals surface area contributed by atoms with E-state index in [1.807, 2.05) is 31.3 Å². The minimum atomic E-state index is 0.270. The molecule has 0 amide bonds. The van der Waals surface area contributed by atoms with Crippen LogP contribution in [0.4, 0.5) is 0 Å². The summed E-state index contributed by atoms with van der Waals surface area (Å²) < 4.78 is 8.06. The Morgan fingerprint density at radius 1 is 1.27 bits per heavy atom.